The van der Waals surface area contributed by atoms with Crippen molar-refractivity contribution < 1.29 is 13.7 Å². The Morgan fingerprint density at radius 1 is 1.44 bits per heavy atom. The van der Waals surface area contributed by atoms with Gasteiger partial charge < -0.3 is 13.7 Å². The van der Waals surface area contributed by atoms with Gasteiger partial charge in [0.25, 0.3) is 5.89 Å². The zero-order chi connectivity index (χ0) is 12.4. The van der Waals surface area contributed by atoms with Crippen molar-refractivity contribution in [2.45, 2.75) is 18.1 Å². The Bertz CT molecular complexity index is 517. The normalized spacial score (nSPS) is 19.5. The molecule has 0 amide bonds. The molecule has 1 fully saturated rings. The summed E-state index contributed by atoms with van der Waals surface area (Å²) < 4.78 is 16.2. The second kappa shape index (κ2) is 5.16. The van der Waals surface area contributed by atoms with Gasteiger partial charge in [0.15, 0.2) is 11.6 Å². The van der Waals surface area contributed by atoms with Crippen molar-refractivity contribution in [2.75, 3.05) is 19.5 Å². The summed E-state index contributed by atoms with van der Waals surface area (Å²) in [5.74, 6) is 3.81. The summed E-state index contributed by atoms with van der Waals surface area (Å²) in [7, 11) is 0. The van der Waals surface area contributed by atoms with Crippen molar-refractivity contribution in [3.8, 4) is 11.7 Å². The standard InChI is InChI=1S/C12H14N2O3S/c1-18-7-9-2-3-10(16-9)12-13-11(14-17-12)8-4-5-15-6-8/h2-3,8H,4-7H2,1H3. The van der Waals surface area contributed by atoms with E-state index in [4.69, 9.17) is 13.7 Å². The summed E-state index contributed by atoms with van der Waals surface area (Å²) in [5, 5.41) is 4.00. The first-order chi connectivity index (χ1) is 8.86. The number of nitrogens with zero attached hydrogens (tertiary/aromatic N) is 2. The molecule has 5 nitrogen and oxygen atoms in total. The van der Waals surface area contributed by atoms with Crippen molar-refractivity contribution >= 4 is 11.8 Å². The molecule has 1 aliphatic heterocycles. The second-order valence-electron chi connectivity index (χ2n) is 4.22. The van der Waals surface area contributed by atoms with Gasteiger partial charge in [0.05, 0.1) is 12.4 Å². The minimum absolute atomic E-state index is 0.253. The van der Waals surface area contributed by atoms with Crippen molar-refractivity contribution in [1.82, 2.24) is 10.1 Å². The first kappa shape index (κ1) is 11.8. The van der Waals surface area contributed by atoms with Crippen LogP contribution in [0.3, 0.4) is 0 Å². The van der Waals surface area contributed by atoms with E-state index in [1.807, 2.05) is 18.4 Å². The molecule has 3 rings (SSSR count). The first-order valence-corrected chi connectivity index (χ1v) is 7.25. The smallest absolute Gasteiger partial charge is 0.293 e. The quantitative estimate of drug-likeness (QED) is 0.848. The van der Waals surface area contributed by atoms with Crippen LogP contribution in [0.25, 0.3) is 11.7 Å². The number of furan rings is 1. The predicted molar refractivity (Wildman–Crippen MR) is 67.4 cm³/mol. The van der Waals surface area contributed by atoms with Crippen molar-refractivity contribution in [3.63, 3.8) is 0 Å². The summed E-state index contributed by atoms with van der Waals surface area (Å²) in [6.45, 7) is 1.45. The van der Waals surface area contributed by atoms with Gasteiger partial charge in [-0.25, -0.2) is 0 Å². The highest BCUT2D eigenvalue weighted by Gasteiger charge is 2.24. The average Bonchev–Trinajstić information content (AvgIpc) is 3.10. The Kier molecular flexibility index (Phi) is 3.38. The lowest BCUT2D eigenvalue weighted by atomic mass is 10.1. The molecule has 0 bridgehead atoms. The van der Waals surface area contributed by atoms with Gasteiger partial charge in [0, 0.05) is 12.5 Å². The third-order valence-electron chi connectivity index (χ3n) is 2.90. The molecule has 96 valence electrons. The topological polar surface area (TPSA) is 61.3 Å². The number of aromatic nitrogens is 2. The summed E-state index contributed by atoms with van der Waals surface area (Å²) in [6, 6.07) is 3.81. The van der Waals surface area contributed by atoms with Crippen molar-refractivity contribution in [2.24, 2.45) is 0 Å². The van der Waals surface area contributed by atoms with Gasteiger partial charge in [-0.1, -0.05) is 5.16 Å². The highest BCUT2D eigenvalue weighted by atomic mass is 32.2. The van der Waals surface area contributed by atoms with Crippen LogP contribution in [-0.2, 0) is 10.5 Å². The van der Waals surface area contributed by atoms with Crippen LogP contribution in [0.5, 0.6) is 0 Å². The number of ether oxygens (including phenoxy) is 1. The van der Waals surface area contributed by atoms with E-state index in [-0.39, 0.29) is 5.92 Å². The zero-order valence-corrected chi connectivity index (χ0v) is 10.9. The zero-order valence-electron chi connectivity index (χ0n) is 10.1. The van der Waals surface area contributed by atoms with Gasteiger partial charge in [-0.05, 0) is 24.8 Å². The molecule has 0 aliphatic carbocycles. The fraction of sp³-hybridized carbons (Fsp3) is 0.500. The molecule has 0 N–H and O–H groups in total. The second-order valence-corrected chi connectivity index (χ2v) is 5.08. The first-order valence-electron chi connectivity index (χ1n) is 5.86. The molecule has 0 saturated carbocycles. The molecule has 1 aliphatic rings. The van der Waals surface area contributed by atoms with Gasteiger partial charge in [-0.3, -0.25) is 0 Å². The predicted octanol–water partition coefficient (Wildman–Crippen LogP) is 2.70. The fourth-order valence-electron chi connectivity index (χ4n) is 1.95. The van der Waals surface area contributed by atoms with Crippen LogP contribution in [0.15, 0.2) is 21.1 Å². The highest BCUT2D eigenvalue weighted by Crippen LogP contribution is 2.27. The SMILES string of the molecule is CSCc1ccc(-c2nc(C3CCOC3)no2)o1. The molecular formula is C12H14N2O3S. The average molecular weight is 266 g/mol. The lowest BCUT2D eigenvalue weighted by Gasteiger charge is -1.97. The number of thioether (sulfide) groups is 1. The van der Waals surface area contributed by atoms with E-state index in [2.05, 4.69) is 10.1 Å². The van der Waals surface area contributed by atoms with E-state index in [1.165, 1.54) is 0 Å². The molecule has 18 heavy (non-hydrogen) atoms. The van der Waals surface area contributed by atoms with E-state index < -0.39 is 0 Å². The summed E-state index contributed by atoms with van der Waals surface area (Å²) >= 11 is 1.71. The monoisotopic (exact) mass is 266 g/mol. The summed E-state index contributed by atoms with van der Waals surface area (Å²) in [5.41, 5.74) is 0. The Morgan fingerprint density at radius 2 is 2.39 bits per heavy atom. The maximum Gasteiger partial charge on any atom is 0.293 e. The molecular weight excluding hydrogens is 252 g/mol. The maximum atomic E-state index is 5.64. The lowest BCUT2D eigenvalue weighted by molar-refractivity contribution is 0.192. The molecule has 1 atom stereocenters. The Hall–Kier alpha value is -1.27. The molecule has 2 aromatic heterocycles. The molecule has 2 aromatic rings. The van der Waals surface area contributed by atoms with Gasteiger partial charge in [0.1, 0.15) is 5.76 Å². The van der Waals surface area contributed by atoms with Gasteiger partial charge in [0.2, 0.25) is 0 Å². The van der Waals surface area contributed by atoms with Crippen molar-refractivity contribution in [3.05, 3.63) is 23.7 Å². The van der Waals surface area contributed by atoms with Crippen LogP contribution in [0.1, 0.15) is 23.9 Å². The van der Waals surface area contributed by atoms with E-state index in [0.717, 1.165) is 24.5 Å². The van der Waals surface area contributed by atoms with Gasteiger partial charge in [-0.2, -0.15) is 16.7 Å². The molecule has 1 saturated heterocycles. The number of hydrogen-bond acceptors (Lipinski definition) is 6. The minimum atomic E-state index is 0.253. The summed E-state index contributed by atoms with van der Waals surface area (Å²) in [4.78, 5) is 4.38. The molecule has 3 heterocycles. The Morgan fingerprint density at radius 3 is 3.17 bits per heavy atom. The van der Waals surface area contributed by atoms with Crippen LogP contribution < -0.4 is 0 Å². The largest absolute Gasteiger partial charge is 0.455 e. The third-order valence-corrected chi connectivity index (χ3v) is 3.47. The highest BCUT2D eigenvalue weighted by molar-refractivity contribution is 7.97. The lowest BCUT2D eigenvalue weighted by Crippen LogP contribution is -1.99. The minimum Gasteiger partial charge on any atom is -0.455 e. The van der Waals surface area contributed by atoms with Crippen LogP contribution in [0.4, 0.5) is 0 Å². The maximum absolute atomic E-state index is 5.64. The van der Waals surface area contributed by atoms with E-state index in [1.54, 1.807) is 11.8 Å². The van der Waals surface area contributed by atoms with Crippen LogP contribution in [-0.4, -0.2) is 29.6 Å². The van der Waals surface area contributed by atoms with Gasteiger partial charge in [-0.15, -0.1) is 0 Å². The van der Waals surface area contributed by atoms with E-state index >= 15 is 0 Å². The molecule has 1 unspecified atom stereocenters. The Labute approximate surface area is 109 Å². The molecule has 0 radical (unpaired) electrons. The van der Waals surface area contributed by atoms with Crippen molar-refractivity contribution in [1.29, 1.82) is 0 Å². The number of rotatable bonds is 4. The van der Waals surface area contributed by atoms with Crippen LogP contribution in [0, 0.1) is 0 Å². The molecule has 0 aromatic carbocycles. The Balaban J connectivity index is 1.78. The summed E-state index contributed by atoms with van der Waals surface area (Å²) in [6.07, 6.45) is 2.99. The van der Waals surface area contributed by atoms with Gasteiger partial charge >= 0.3 is 0 Å². The molecule has 6 heteroatoms. The van der Waals surface area contributed by atoms with Crippen LogP contribution >= 0.6 is 11.8 Å². The molecule has 0 spiro atoms. The van der Waals surface area contributed by atoms with Crippen LogP contribution in [0.2, 0.25) is 0 Å². The fourth-order valence-corrected chi connectivity index (χ4v) is 2.39. The number of hydrogen-bond donors (Lipinski definition) is 0. The third kappa shape index (κ3) is 2.30. The van der Waals surface area contributed by atoms with E-state index in [0.29, 0.717) is 24.1 Å². The van der Waals surface area contributed by atoms with E-state index in [9.17, 15) is 0 Å².